The lowest BCUT2D eigenvalue weighted by Crippen LogP contribution is -2.26. The Bertz CT molecular complexity index is 1080. The third-order valence-corrected chi connectivity index (χ3v) is 4.92. The van der Waals surface area contributed by atoms with E-state index in [0.29, 0.717) is 33.5 Å². The maximum absolute atomic E-state index is 12.1. The lowest BCUT2D eigenvalue weighted by Gasteiger charge is -2.07. The summed E-state index contributed by atoms with van der Waals surface area (Å²) in [6, 6.07) is 8.72. The average Bonchev–Trinajstić information content (AvgIpc) is 3.48. The van der Waals surface area contributed by atoms with Crippen molar-refractivity contribution in [1.82, 2.24) is 20.9 Å². The van der Waals surface area contributed by atoms with Crippen molar-refractivity contribution in [1.29, 1.82) is 0 Å². The number of hydrazone groups is 1. The third kappa shape index (κ3) is 5.89. The number of rotatable bonds is 9. The molecule has 0 aliphatic heterocycles. The van der Waals surface area contributed by atoms with Crippen molar-refractivity contribution in [2.45, 2.75) is 19.9 Å². The molecule has 3 rings (SSSR count). The monoisotopic (exact) mass is 443 g/mol. The van der Waals surface area contributed by atoms with E-state index in [2.05, 4.69) is 26.0 Å². The summed E-state index contributed by atoms with van der Waals surface area (Å²) in [5.41, 5.74) is 3.56. The highest BCUT2D eigenvalue weighted by molar-refractivity contribution is 7.12. The molecule has 2 N–H and O–H groups in total. The third-order valence-electron chi connectivity index (χ3n) is 4.06. The Kier molecular flexibility index (Phi) is 7.33. The standard InChI is InChI=1S/C20H21N5O5S/c1-12(23-24-20(27)16-5-4-8-31-16)9-17(26)21-11-18-22-19(25-30-18)13-6-7-14(28-2)15(10-13)29-3/h4-8,10H,9,11H2,1-3H3,(H,21,26)(H,24,27)/b23-12-. The van der Waals surface area contributed by atoms with Crippen LogP contribution in [0.25, 0.3) is 11.4 Å². The van der Waals surface area contributed by atoms with Crippen LogP contribution in [0.3, 0.4) is 0 Å². The molecular formula is C20H21N5O5S. The Morgan fingerprint density at radius 3 is 2.71 bits per heavy atom. The van der Waals surface area contributed by atoms with Gasteiger partial charge in [-0.2, -0.15) is 10.1 Å². The summed E-state index contributed by atoms with van der Waals surface area (Å²) in [6.45, 7) is 1.71. The fraction of sp³-hybridized carbons (Fsp3) is 0.250. The van der Waals surface area contributed by atoms with Crippen molar-refractivity contribution in [3.05, 3.63) is 46.5 Å². The van der Waals surface area contributed by atoms with Crippen molar-refractivity contribution >= 4 is 28.9 Å². The quantitative estimate of drug-likeness (QED) is 0.384. The van der Waals surface area contributed by atoms with E-state index >= 15 is 0 Å². The maximum atomic E-state index is 12.1. The van der Waals surface area contributed by atoms with E-state index in [0.717, 1.165) is 0 Å². The lowest BCUT2D eigenvalue weighted by molar-refractivity contribution is -0.120. The number of hydrogen-bond acceptors (Lipinski definition) is 9. The number of nitrogens with one attached hydrogen (secondary N) is 2. The van der Waals surface area contributed by atoms with E-state index in [-0.39, 0.29) is 30.7 Å². The molecule has 0 spiro atoms. The zero-order valence-corrected chi connectivity index (χ0v) is 18.0. The molecule has 10 nitrogen and oxygen atoms in total. The number of ether oxygens (including phenoxy) is 2. The molecule has 0 radical (unpaired) electrons. The number of benzene rings is 1. The fourth-order valence-corrected chi connectivity index (χ4v) is 3.15. The summed E-state index contributed by atoms with van der Waals surface area (Å²) in [6.07, 6.45) is 0.0153. The van der Waals surface area contributed by atoms with E-state index in [1.54, 1.807) is 49.7 Å². The van der Waals surface area contributed by atoms with Gasteiger partial charge < -0.3 is 19.3 Å². The first-order valence-electron chi connectivity index (χ1n) is 9.19. The second-order valence-corrected chi connectivity index (χ2v) is 7.25. The van der Waals surface area contributed by atoms with Crippen molar-refractivity contribution in [2.75, 3.05) is 14.2 Å². The van der Waals surface area contributed by atoms with Gasteiger partial charge in [-0.3, -0.25) is 9.59 Å². The first kappa shape index (κ1) is 22.0. The molecule has 2 aromatic heterocycles. The molecule has 0 fully saturated rings. The Balaban J connectivity index is 1.51. The summed E-state index contributed by atoms with van der Waals surface area (Å²) in [4.78, 5) is 28.8. The largest absolute Gasteiger partial charge is 0.493 e. The van der Waals surface area contributed by atoms with Gasteiger partial charge >= 0.3 is 0 Å². The van der Waals surface area contributed by atoms with Crippen LogP contribution in [0.2, 0.25) is 0 Å². The van der Waals surface area contributed by atoms with Gasteiger partial charge in [0.05, 0.1) is 32.1 Å². The summed E-state index contributed by atoms with van der Waals surface area (Å²) in [5, 5.41) is 12.3. The molecule has 0 aliphatic carbocycles. The number of carbonyl (C=O) groups is 2. The van der Waals surface area contributed by atoms with E-state index in [1.807, 2.05) is 0 Å². The highest BCUT2D eigenvalue weighted by atomic mass is 32.1. The number of amides is 2. The Hall–Kier alpha value is -3.73. The molecule has 2 heterocycles. The summed E-state index contributed by atoms with van der Waals surface area (Å²) < 4.78 is 15.7. The van der Waals surface area contributed by atoms with Crippen LogP contribution in [0.1, 0.15) is 28.9 Å². The molecule has 11 heteroatoms. The van der Waals surface area contributed by atoms with E-state index < -0.39 is 0 Å². The van der Waals surface area contributed by atoms with Crippen LogP contribution in [0.15, 0.2) is 45.3 Å². The number of thiophene rings is 1. The van der Waals surface area contributed by atoms with Crippen molar-refractivity contribution < 1.29 is 23.6 Å². The van der Waals surface area contributed by atoms with Crippen LogP contribution in [0.5, 0.6) is 11.5 Å². The molecular weight excluding hydrogens is 422 g/mol. The number of nitrogens with zero attached hydrogens (tertiary/aromatic N) is 3. The molecule has 0 saturated heterocycles. The number of hydrogen-bond donors (Lipinski definition) is 2. The molecule has 31 heavy (non-hydrogen) atoms. The van der Waals surface area contributed by atoms with Gasteiger partial charge in [-0.25, -0.2) is 5.43 Å². The lowest BCUT2D eigenvalue weighted by atomic mass is 10.2. The van der Waals surface area contributed by atoms with Crippen LogP contribution in [0.4, 0.5) is 0 Å². The van der Waals surface area contributed by atoms with Crippen LogP contribution in [-0.2, 0) is 11.3 Å². The Labute approximate surface area is 182 Å². The van der Waals surface area contributed by atoms with Crippen molar-refractivity contribution in [3.8, 4) is 22.9 Å². The number of carbonyl (C=O) groups excluding carboxylic acids is 2. The van der Waals surface area contributed by atoms with E-state index in [9.17, 15) is 9.59 Å². The van der Waals surface area contributed by atoms with Crippen molar-refractivity contribution in [2.24, 2.45) is 5.10 Å². The average molecular weight is 443 g/mol. The van der Waals surface area contributed by atoms with Gasteiger partial charge in [-0.15, -0.1) is 11.3 Å². The molecule has 0 bridgehead atoms. The molecule has 3 aromatic rings. The molecule has 0 aliphatic rings. The van der Waals surface area contributed by atoms with Crippen molar-refractivity contribution in [3.63, 3.8) is 0 Å². The maximum Gasteiger partial charge on any atom is 0.281 e. The van der Waals surface area contributed by atoms with E-state index in [1.165, 1.54) is 18.4 Å². The highest BCUT2D eigenvalue weighted by Gasteiger charge is 2.13. The smallest absolute Gasteiger partial charge is 0.281 e. The van der Waals surface area contributed by atoms with Crippen LogP contribution in [0, 0.1) is 0 Å². The minimum atomic E-state index is -0.316. The van der Waals surface area contributed by atoms with Crippen LogP contribution < -0.4 is 20.2 Å². The first-order chi connectivity index (χ1) is 15.0. The van der Waals surface area contributed by atoms with Crippen LogP contribution >= 0.6 is 11.3 Å². The highest BCUT2D eigenvalue weighted by Crippen LogP contribution is 2.31. The summed E-state index contributed by atoms with van der Waals surface area (Å²) >= 11 is 1.31. The second-order valence-electron chi connectivity index (χ2n) is 6.30. The number of methoxy groups -OCH3 is 2. The predicted octanol–water partition coefficient (Wildman–Crippen LogP) is 2.63. The Morgan fingerprint density at radius 2 is 2.00 bits per heavy atom. The van der Waals surface area contributed by atoms with Gasteiger partial charge in [0.1, 0.15) is 0 Å². The fourth-order valence-electron chi connectivity index (χ4n) is 2.54. The predicted molar refractivity (Wildman–Crippen MR) is 114 cm³/mol. The molecule has 2 amide bonds. The van der Waals surface area contributed by atoms with E-state index in [4.69, 9.17) is 14.0 Å². The minimum Gasteiger partial charge on any atom is -0.493 e. The molecule has 1 aromatic carbocycles. The SMILES string of the molecule is COc1ccc(-c2noc(CNC(=O)C/C(C)=N\NC(=O)c3cccs3)n2)cc1OC. The molecule has 0 saturated carbocycles. The molecule has 162 valence electrons. The molecule has 0 unspecified atom stereocenters. The molecule has 0 atom stereocenters. The van der Waals surface area contributed by atoms with Gasteiger partial charge in [0.15, 0.2) is 11.5 Å². The first-order valence-corrected chi connectivity index (χ1v) is 10.1. The van der Waals surface area contributed by atoms with Gasteiger partial charge in [-0.05, 0) is 36.6 Å². The topological polar surface area (TPSA) is 128 Å². The van der Waals surface area contributed by atoms with Gasteiger partial charge in [-0.1, -0.05) is 11.2 Å². The zero-order chi connectivity index (χ0) is 22.2. The minimum absolute atomic E-state index is 0.0153. The normalized spacial score (nSPS) is 11.1. The Morgan fingerprint density at radius 1 is 1.19 bits per heavy atom. The summed E-state index contributed by atoms with van der Waals surface area (Å²) in [5.74, 6) is 1.13. The van der Waals surface area contributed by atoms with Gasteiger partial charge in [0, 0.05) is 11.3 Å². The van der Waals surface area contributed by atoms with Crippen LogP contribution in [-0.4, -0.2) is 41.9 Å². The second kappa shape index (κ2) is 10.3. The van der Waals surface area contributed by atoms with Gasteiger partial charge in [0.2, 0.25) is 17.6 Å². The number of aromatic nitrogens is 2. The zero-order valence-electron chi connectivity index (χ0n) is 17.2. The summed E-state index contributed by atoms with van der Waals surface area (Å²) in [7, 11) is 3.09. The van der Waals surface area contributed by atoms with Gasteiger partial charge in [0.25, 0.3) is 5.91 Å².